The minimum atomic E-state index is -4.33. The first-order chi connectivity index (χ1) is 14.8. The van der Waals surface area contributed by atoms with Gasteiger partial charge in [-0.25, -0.2) is 8.42 Å². The van der Waals surface area contributed by atoms with Crippen LogP contribution in [0.4, 0.5) is 5.69 Å². The molecule has 0 aromatic heterocycles. The number of hydrazine groups is 1. The Morgan fingerprint density at radius 1 is 1.10 bits per heavy atom. The number of nitro benzene ring substituents is 1. The molecule has 0 fully saturated rings. The number of hydrogen-bond acceptors (Lipinski definition) is 7. The van der Waals surface area contributed by atoms with E-state index in [1.165, 1.54) is 19.2 Å². The molecule has 0 spiro atoms. The first kappa shape index (κ1) is 24.1. The van der Waals surface area contributed by atoms with E-state index >= 15 is 0 Å². The van der Waals surface area contributed by atoms with Gasteiger partial charge in [-0.05, 0) is 36.8 Å². The number of methoxy groups -OCH3 is 1. The van der Waals surface area contributed by atoms with Crippen LogP contribution in [0.25, 0.3) is 0 Å². The maximum atomic E-state index is 12.5. The maximum absolute atomic E-state index is 12.5. The average molecular weight is 452 g/mol. The Labute approximate surface area is 180 Å². The number of rotatable bonds is 12. The summed E-state index contributed by atoms with van der Waals surface area (Å²) in [6.07, 6.45) is 4.33. The van der Waals surface area contributed by atoms with Crippen molar-refractivity contribution >= 4 is 21.6 Å². The van der Waals surface area contributed by atoms with Crippen LogP contribution in [-0.2, 0) is 10.0 Å². The number of nitrogens with one attached hydrogen (secondary N) is 2. The zero-order valence-corrected chi connectivity index (χ0v) is 18.1. The van der Waals surface area contributed by atoms with Gasteiger partial charge in [-0.3, -0.25) is 20.3 Å². The first-order valence-electron chi connectivity index (χ1n) is 9.66. The van der Waals surface area contributed by atoms with Crippen molar-refractivity contribution in [3.63, 3.8) is 0 Å². The van der Waals surface area contributed by atoms with Gasteiger partial charge in [0.2, 0.25) is 0 Å². The second-order valence-electron chi connectivity index (χ2n) is 6.59. The van der Waals surface area contributed by atoms with Crippen molar-refractivity contribution in [3.05, 3.63) is 58.1 Å². The first-order valence-corrected chi connectivity index (χ1v) is 11.1. The van der Waals surface area contributed by atoms with E-state index < -0.39 is 31.4 Å². The number of ether oxygens (including phenoxy) is 2. The molecule has 11 heteroatoms. The summed E-state index contributed by atoms with van der Waals surface area (Å²) in [7, 11) is -3.10. The molecule has 0 heterocycles. The summed E-state index contributed by atoms with van der Waals surface area (Å²) in [5.41, 5.74) is 1.85. The number of carbonyl (C=O) groups excluding carboxylic acids is 1. The molecule has 2 rings (SSSR count). The Morgan fingerprint density at radius 2 is 1.81 bits per heavy atom. The molecule has 0 unspecified atom stereocenters. The lowest BCUT2D eigenvalue weighted by molar-refractivity contribution is -0.385. The summed E-state index contributed by atoms with van der Waals surface area (Å²) in [6, 6.07) is 9.36. The van der Waals surface area contributed by atoms with Gasteiger partial charge in [-0.15, -0.1) is 4.83 Å². The lowest BCUT2D eigenvalue weighted by Gasteiger charge is -2.12. The third kappa shape index (κ3) is 6.93. The van der Waals surface area contributed by atoms with Gasteiger partial charge in [-0.1, -0.05) is 26.2 Å². The fourth-order valence-electron chi connectivity index (χ4n) is 2.65. The van der Waals surface area contributed by atoms with Gasteiger partial charge < -0.3 is 9.47 Å². The number of non-ortho nitro benzene ring substituents is 1. The van der Waals surface area contributed by atoms with E-state index in [1.54, 1.807) is 12.1 Å². The highest BCUT2D eigenvalue weighted by atomic mass is 32.2. The van der Waals surface area contributed by atoms with E-state index in [1.807, 2.05) is 4.83 Å². The molecule has 0 radical (unpaired) electrons. The van der Waals surface area contributed by atoms with Crippen LogP contribution >= 0.6 is 0 Å². The number of unbranched alkanes of at least 4 members (excludes halogenated alkanes) is 3. The molecule has 0 atom stereocenters. The minimum Gasteiger partial charge on any atom is -0.495 e. The molecule has 10 nitrogen and oxygen atoms in total. The molecular formula is C20H25N3O7S. The van der Waals surface area contributed by atoms with Crippen molar-refractivity contribution in [2.75, 3.05) is 13.7 Å². The van der Waals surface area contributed by atoms with E-state index in [-0.39, 0.29) is 11.3 Å². The van der Waals surface area contributed by atoms with Crippen LogP contribution in [0.3, 0.4) is 0 Å². The van der Waals surface area contributed by atoms with E-state index in [2.05, 4.69) is 12.3 Å². The molecule has 0 aliphatic carbocycles. The third-order valence-corrected chi connectivity index (χ3v) is 5.60. The Balaban J connectivity index is 2.00. The molecule has 31 heavy (non-hydrogen) atoms. The number of sulfonamides is 1. The van der Waals surface area contributed by atoms with Crippen LogP contribution in [0.5, 0.6) is 11.5 Å². The Kier molecular flexibility index (Phi) is 8.76. The van der Waals surface area contributed by atoms with E-state index in [0.29, 0.717) is 12.4 Å². The molecule has 1 amide bonds. The SMILES string of the molecule is CCCCCCOc1ccc(C(=O)NNS(=O)(=O)c2cc([N+](=O)[O-])ccc2OC)cc1. The van der Waals surface area contributed by atoms with Crippen LogP contribution in [-0.4, -0.2) is 33.0 Å². The summed E-state index contributed by atoms with van der Waals surface area (Å²) < 4.78 is 35.6. The van der Waals surface area contributed by atoms with Crippen molar-refractivity contribution < 1.29 is 27.6 Å². The molecule has 2 aromatic carbocycles. The Hall–Kier alpha value is -3.18. The van der Waals surface area contributed by atoms with Crippen LogP contribution < -0.4 is 19.7 Å². The van der Waals surface area contributed by atoms with Gasteiger partial charge in [0.05, 0.1) is 18.6 Å². The minimum absolute atomic E-state index is 0.104. The van der Waals surface area contributed by atoms with Crippen molar-refractivity contribution in [1.29, 1.82) is 0 Å². The van der Waals surface area contributed by atoms with Gasteiger partial charge in [0.25, 0.3) is 21.6 Å². The monoisotopic (exact) mass is 451 g/mol. The van der Waals surface area contributed by atoms with E-state index in [0.717, 1.165) is 43.9 Å². The standard InChI is InChI=1S/C20H25N3O7S/c1-3-4-5-6-13-30-17-10-7-15(8-11-17)20(24)21-22-31(27,28)19-14-16(23(25)26)9-12-18(19)29-2/h7-12,14,22H,3-6,13H2,1-2H3,(H,21,24). The number of nitro groups is 1. The summed E-state index contributed by atoms with van der Waals surface area (Å²) >= 11 is 0. The lowest BCUT2D eigenvalue weighted by Crippen LogP contribution is -2.41. The molecule has 0 saturated carbocycles. The summed E-state index contributed by atoms with van der Waals surface area (Å²) in [5.74, 6) is -0.204. The molecule has 0 saturated heterocycles. The van der Waals surface area contributed by atoms with Crippen molar-refractivity contribution in [2.24, 2.45) is 0 Å². The van der Waals surface area contributed by atoms with Gasteiger partial charge in [0.1, 0.15) is 16.4 Å². The fourth-order valence-corrected chi connectivity index (χ4v) is 3.68. The second kappa shape index (κ2) is 11.3. The average Bonchev–Trinajstić information content (AvgIpc) is 2.77. The molecule has 0 aliphatic heterocycles. The second-order valence-corrected chi connectivity index (χ2v) is 8.24. The lowest BCUT2D eigenvalue weighted by atomic mass is 10.2. The Morgan fingerprint density at radius 3 is 2.42 bits per heavy atom. The molecule has 0 bridgehead atoms. The predicted molar refractivity (Wildman–Crippen MR) is 114 cm³/mol. The zero-order chi connectivity index (χ0) is 22.9. The number of nitrogens with zero attached hydrogens (tertiary/aromatic N) is 1. The van der Waals surface area contributed by atoms with Crippen LogP contribution in [0.2, 0.25) is 0 Å². The van der Waals surface area contributed by atoms with Gasteiger partial charge in [-0.2, -0.15) is 0 Å². The smallest absolute Gasteiger partial charge is 0.271 e. The van der Waals surface area contributed by atoms with E-state index in [4.69, 9.17) is 9.47 Å². The van der Waals surface area contributed by atoms with E-state index in [9.17, 15) is 23.3 Å². The van der Waals surface area contributed by atoms with Gasteiger partial charge in [0.15, 0.2) is 0 Å². The molecule has 2 aromatic rings. The van der Waals surface area contributed by atoms with Crippen LogP contribution in [0.15, 0.2) is 47.4 Å². The van der Waals surface area contributed by atoms with Crippen LogP contribution in [0.1, 0.15) is 43.0 Å². The van der Waals surface area contributed by atoms with Crippen LogP contribution in [0, 0.1) is 10.1 Å². The number of carbonyl (C=O) groups is 1. The highest BCUT2D eigenvalue weighted by molar-refractivity contribution is 7.89. The number of amides is 1. The largest absolute Gasteiger partial charge is 0.495 e. The fraction of sp³-hybridized carbons (Fsp3) is 0.350. The van der Waals surface area contributed by atoms with Crippen molar-refractivity contribution in [2.45, 2.75) is 37.5 Å². The topological polar surface area (TPSA) is 137 Å². The summed E-state index contributed by atoms with van der Waals surface area (Å²) in [4.78, 5) is 23.9. The maximum Gasteiger partial charge on any atom is 0.271 e. The third-order valence-electron chi connectivity index (χ3n) is 4.33. The quantitative estimate of drug-likeness (QED) is 0.287. The predicted octanol–water partition coefficient (Wildman–Crippen LogP) is 3.19. The van der Waals surface area contributed by atoms with Crippen molar-refractivity contribution in [1.82, 2.24) is 10.3 Å². The molecular weight excluding hydrogens is 426 g/mol. The number of benzene rings is 2. The summed E-state index contributed by atoms with van der Waals surface area (Å²) in [5, 5.41) is 10.9. The highest BCUT2D eigenvalue weighted by Gasteiger charge is 2.24. The number of hydrogen-bond donors (Lipinski definition) is 2. The zero-order valence-electron chi connectivity index (χ0n) is 17.3. The molecule has 2 N–H and O–H groups in total. The Bertz CT molecular complexity index is 1010. The molecule has 0 aliphatic rings. The van der Waals surface area contributed by atoms with Gasteiger partial charge in [0, 0.05) is 17.7 Å². The molecule has 168 valence electrons. The summed E-state index contributed by atoms with van der Waals surface area (Å²) in [6.45, 7) is 2.71. The highest BCUT2D eigenvalue weighted by Crippen LogP contribution is 2.27. The van der Waals surface area contributed by atoms with Gasteiger partial charge >= 0.3 is 0 Å². The normalized spacial score (nSPS) is 11.0. The van der Waals surface area contributed by atoms with Crippen molar-refractivity contribution in [3.8, 4) is 11.5 Å².